The third-order valence-corrected chi connectivity index (χ3v) is 5.08. The van der Waals surface area contributed by atoms with Gasteiger partial charge in [0, 0.05) is 30.9 Å². The van der Waals surface area contributed by atoms with Crippen LogP contribution in [-0.4, -0.2) is 36.0 Å². The minimum atomic E-state index is -0.631. The first-order chi connectivity index (χ1) is 13.8. The molecule has 154 valence electrons. The quantitative estimate of drug-likeness (QED) is 0.600. The maximum absolute atomic E-state index is 13.8. The number of aliphatic imine (C=N–C) groups is 1. The van der Waals surface area contributed by atoms with Crippen LogP contribution < -0.4 is 0 Å². The molecule has 1 heterocycles. The molecule has 0 bridgehead atoms. The zero-order valence-corrected chi connectivity index (χ0v) is 18.3. The second-order valence-corrected chi connectivity index (χ2v) is 8.15. The molecule has 0 amide bonds. The normalized spacial score (nSPS) is 16.7. The molecule has 1 aliphatic rings. The number of halogens is 3. The number of hydrogen-bond acceptors (Lipinski definition) is 4. The van der Waals surface area contributed by atoms with Crippen LogP contribution in [0.5, 0.6) is 0 Å². The molecule has 1 atom stereocenters. The maximum atomic E-state index is 13.8. The van der Waals surface area contributed by atoms with Crippen molar-refractivity contribution < 1.29 is 13.5 Å². The van der Waals surface area contributed by atoms with Gasteiger partial charge in [-0.15, -0.1) is 0 Å². The molecule has 1 unspecified atom stereocenters. The number of benzene rings is 2. The van der Waals surface area contributed by atoms with Gasteiger partial charge >= 0.3 is 0 Å². The van der Waals surface area contributed by atoms with Crippen molar-refractivity contribution in [1.29, 1.82) is 0 Å². The summed E-state index contributed by atoms with van der Waals surface area (Å²) < 4.78 is 33.2. The standard InChI is InChI=1S/C22H24BrF2N3O/c1-15-26-22(29-14-18-8-9-19(24)10-21(18)25)20(23)13-28(15)12-17-6-4-16(5-7-17)11-27(2)3/h4-10,13,15H,11-12,14H2,1-3H3. The molecule has 0 saturated heterocycles. The number of ether oxygens (including phenoxy) is 1. The van der Waals surface area contributed by atoms with Crippen LogP contribution in [0, 0.1) is 11.6 Å². The first kappa shape index (κ1) is 21.5. The molecule has 2 aromatic carbocycles. The number of nitrogens with zero attached hydrogens (tertiary/aromatic N) is 3. The Morgan fingerprint density at radius 3 is 2.45 bits per heavy atom. The van der Waals surface area contributed by atoms with Crippen LogP contribution in [0.4, 0.5) is 8.78 Å². The van der Waals surface area contributed by atoms with Gasteiger partial charge in [0.15, 0.2) is 0 Å². The molecule has 0 N–H and O–H groups in total. The summed E-state index contributed by atoms with van der Waals surface area (Å²) in [7, 11) is 4.10. The summed E-state index contributed by atoms with van der Waals surface area (Å²) in [6, 6.07) is 12.0. The van der Waals surface area contributed by atoms with Crippen molar-refractivity contribution in [2.75, 3.05) is 14.1 Å². The summed E-state index contributed by atoms with van der Waals surface area (Å²) in [4.78, 5) is 8.79. The molecule has 2 aromatic rings. The fraction of sp³-hybridized carbons (Fsp3) is 0.318. The highest BCUT2D eigenvalue weighted by molar-refractivity contribution is 9.12. The Labute approximate surface area is 178 Å². The summed E-state index contributed by atoms with van der Waals surface area (Å²) in [5.74, 6) is -0.839. The van der Waals surface area contributed by atoms with Gasteiger partial charge in [0.25, 0.3) is 0 Å². The predicted molar refractivity (Wildman–Crippen MR) is 114 cm³/mol. The SMILES string of the molecule is CC1N=C(OCc2ccc(F)cc2F)C(Br)=CN1Cc1ccc(CN(C)C)cc1. The van der Waals surface area contributed by atoms with Crippen LogP contribution >= 0.6 is 15.9 Å². The molecule has 0 radical (unpaired) electrons. The molecule has 0 saturated carbocycles. The third-order valence-electron chi connectivity index (χ3n) is 4.53. The van der Waals surface area contributed by atoms with E-state index >= 15 is 0 Å². The first-order valence-electron chi connectivity index (χ1n) is 9.32. The zero-order chi connectivity index (χ0) is 21.0. The van der Waals surface area contributed by atoms with Crippen LogP contribution in [0.3, 0.4) is 0 Å². The average Bonchev–Trinajstić information content (AvgIpc) is 2.65. The van der Waals surface area contributed by atoms with E-state index in [0.717, 1.165) is 12.6 Å². The Morgan fingerprint density at radius 1 is 1.10 bits per heavy atom. The highest BCUT2D eigenvalue weighted by Gasteiger charge is 2.21. The van der Waals surface area contributed by atoms with Crippen molar-refractivity contribution in [3.8, 4) is 0 Å². The summed E-state index contributed by atoms with van der Waals surface area (Å²) in [6.07, 6.45) is 1.80. The van der Waals surface area contributed by atoms with E-state index in [0.29, 0.717) is 16.9 Å². The molecular weight excluding hydrogens is 440 g/mol. The molecule has 0 aliphatic carbocycles. The molecule has 7 heteroatoms. The van der Waals surface area contributed by atoms with Crippen LogP contribution in [0.15, 0.2) is 58.1 Å². The summed E-state index contributed by atoms with van der Waals surface area (Å²) >= 11 is 3.48. The molecular formula is C22H24BrF2N3O. The van der Waals surface area contributed by atoms with Crippen molar-refractivity contribution in [3.05, 3.63) is 81.5 Å². The van der Waals surface area contributed by atoms with Gasteiger partial charge < -0.3 is 14.5 Å². The number of hydrogen-bond donors (Lipinski definition) is 0. The van der Waals surface area contributed by atoms with Crippen LogP contribution in [0.25, 0.3) is 0 Å². The van der Waals surface area contributed by atoms with Crippen molar-refractivity contribution in [2.45, 2.75) is 32.8 Å². The van der Waals surface area contributed by atoms with Gasteiger partial charge in [-0.25, -0.2) is 13.8 Å². The molecule has 4 nitrogen and oxygen atoms in total. The smallest absolute Gasteiger partial charge is 0.227 e. The van der Waals surface area contributed by atoms with Gasteiger partial charge in [-0.1, -0.05) is 24.3 Å². The minimum absolute atomic E-state index is 0.0199. The van der Waals surface area contributed by atoms with Crippen LogP contribution in [0.1, 0.15) is 23.6 Å². The topological polar surface area (TPSA) is 28.1 Å². The minimum Gasteiger partial charge on any atom is -0.472 e. The maximum Gasteiger partial charge on any atom is 0.227 e. The van der Waals surface area contributed by atoms with Crippen molar-refractivity contribution in [3.63, 3.8) is 0 Å². The Kier molecular flexibility index (Phi) is 7.03. The monoisotopic (exact) mass is 463 g/mol. The Hall–Kier alpha value is -2.25. The second-order valence-electron chi connectivity index (χ2n) is 7.29. The Balaban J connectivity index is 1.61. The van der Waals surface area contributed by atoms with E-state index in [9.17, 15) is 8.78 Å². The lowest BCUT2D eigenvalue weighted by Crippen LogP contribution is -2.31. The lowest BCUT2D eigenvalue weighted by Gasteiger charge is -2.30. The lowest BCUT2D eigenvalue weighted by atomic mass is 10.1. The Morgan fingerprint density at radius 2 is 1.79 bits per heavy atom. The van der Waals surface area contributed by atoms with Gasteiger partial charge in [-0.2, -0.15) is 0 Å². The fourth-order valence-corrected chi connectivity index (χ4v) is 3.49. The first-order valence-corrected chi connectivity index (χ1v) is 10.1. The van der Waals surface area contributed by atoms with E-state index in [1.165, 1.54) is 23.3 Å². The van der Waals surface area contributed by atoms with Crippen LogP contribution in [0.2, 0.25) is 0 Å². The largest absolute Gasteiger partial charge is 0.472 e. The Bertz CT molecular complexity index is 913. The molecule has 0 spiro atoms. The molecule has 29 heavy (non-hydrogen) atoms. The van der Waals surface area contributed by atoms with Gasteiger partial charge in [0.05, 0.1) is 4.48 Å². The average molecular weight is 464 g/mol. The highest BCUT2D eigenvalue weighted by Crippen LogP contribution is 2.23. The third kappa shape index (κ3) is 5.87. The zero-order valence-electron chi connectivity index (χ0n) is 16.7. The van der Waals surface area contributed by atoms with E-state index in [2.05, 4.69) is 55.0 Å². The molecule has 3 rings (SSSR count). The summed E-state index contributed by atoms with van der Waals surface area (Å²) in [5, 5.41) is 0. The molecule has 0 fully saturated rings. The molecule has 1 aliphatic heterocycles. The van der Waals surface area contributed by atoms with Crippen molar-refractivity contribution >= 4 is 21.8 Å². The van der Waals surface area contributed by atoms with E-state index < -0.39 is 11.6 Å². The summed E-state index contributed by atoms with van der Waals surface area (Å²) in [6.45, 7) is 3.57. The van der Waals surface area contributed by atoms with Gasteiger partial charge in [-0.3, -0.25) is 0 Å². The summed E-state index contributed by atoms with van der Waals surface area (Å²) in [5.41, 5.74) is 2.73. The predicted octanol–water partition coefficient (Wildman–Crippen LogP) is 5.04. The van der Waals surface area contributed by atoms with Gasteiger partial charge in [-0.05, 0) is 60.2 Å². The van der Waals surface area contributed by atoms with Gasteiger partial charge in [0.1, 0.15) is 24.4 Å². The van der Waals surface area contributed by atoms with Gasteiger partial charge in [0.2, 0.25) is 5.90 Å². The van der Waals surface area contributed by atoms with Crippen LogP contribution in [-0.2, 0) is 24.4 Å². The van der Waals surface area contributed by atoms with Crippen molar-refractivity contribution in [2.24, 2.45) is 4.99 Å². The lowest BCUT2D eigenvalue weighted by molar-refractivity contribution is 0.250. The highest BCUT2D eigenvalue weighted by atomic mass is 79.9. The van der Waals surface area contributed by atoms with E-state index in [-0.39, 0.29) is 18.3 Å². The molecule has 0 aromatic heterocycles. The van der Waals surface area contributed by atoms with E-state index in [4.69, 9.17) is 4.74 Å². The van der Waals surface area contributed by atoms with E-state index in [1.807, 2.05) is 27.2 Å². The second kappa shape index (κ2) is 9.50. The van der Waals surface area contributed by atoms with Crippen molar-refractivity contribution in [1.82, 2.24) is 9.80 Å². The van der Waals surface area contributed by atoms with E-state index in [1.54, 1.807) is 0 Å². The number of rotatable bonds is 6. The fourth-order valence-electron chi connectivity index (χ4n) is 3.01.